The standard InChI is InChI=1S/C14H21N3O2/c1-4-5-8-19-14(18)10-17(3)12-6-7-13(16-15)11(2)9-12/h6-7,9,15H,4-5,8,10H2,1-3H3/p+1. The first-order valence-corrected chi connectivity index (χ1v) is 6.46. The molecule has 0 aliphatic carbocycles. The summed E-state index contributed by atoms with van der Waals surface area (Å²) in [5.41, 5.74) is 7.94. The molecule has 0 unspecified atom stereocenters. The monoisotopic (exact) mass is 264 g/mol. The van der Waals surface area contributed by atoms with Crippen molar-refractivity contribution in [1.82, 2.24) is 0 Å². The molecule has 0 saturated heterocycles. The molecule has 0 aliphatic heterocycles. The summed E-state index contributed by atoms with van der Waals surface area (Å²) in [5.74, 6) is -0.207. The van der Waals surface area contributed by atoms with Gasteiger partial charge in [-0.1, -0.05) is 13.3 Å². The van der Waals surface area contributed by atoms with E-state index in [0.29, 0.717) is 6.61 Å². The molecule has 0 atom stereocenters. The predicted molar refractivity (Wildman–Crippen MR) is 74.3 cm³/mol. The number of aryl methyl sites for hydroxylation is 1. The molecule has 5 heteroatoms. The van der Waals surface area contributed by atoms with Gasteiger partial charge in [0.25, 0.3) is 0 Å². The summed E-state index contributed by atoms with van der Waals surface area (Å²) >= 11 is 0. The number of rotatable bonds is 7. The van der Waals surface area contributed by atoms with E-state index in [9.17, 15) is 4.79 Å². The minimum Gasteiger partial charge on any atom is -0.464 e. The summed E-state index contributed by atoms with van der Waals surface area (Å²) in [6, 6.07) is 5.67. The Hall–Kier alpha value is -1.91. The Morgan fingerprint density at radius 2 is 2.21 bits per heavy atom. The number of hydrogen-bond donors (Lipinski definition) is 1. The number of nitrogens with zero attached hydrogens (tertiary/aromatic N) is 2. The van der Waals surface area contributed by atoms with Crippen LogP contribution in [0.3, 0.4) is 0 Å². The number of hydrogen-bond acceptors (Lipinski definition) is 4. The number of esters is 1. The van der Waals surface area contributed by atoms with Crippen molar-refractivity contribution < 1.29 is 15.1 Å². The van der Waals surface area contributed by atoms with Crippen LogP contribution >= 0.6 is 0 Å². The highest BCUT2D eigenvalue weighted by Gasteiger charge is 2.10. The van der Waals surface area contributed by atoms with Gasteiger partial charge in [0, 0.05) is 12.7 Å². The van der Waals surface area contributed by atoms with E-state index >= 15 is 0 Å². The molecule has 0 fully saturated rings. The van der Waals surface area contributed by atoms with E-state index in [1.54, 1.807) is 0 Å². The number of carbonyl (C=O) groups is 1. The van der Waals surface area contributed by atoms with Gasteiger partial charge in [-0.25, -0.2) is 0 Å². The quantitative estimate of drug-likeness (QED) is 0.462. The first-order chi connectivity index (χ1) is 9.08. The first kappa shape index (κ1) is 15.1. The smallest absolute Gasteiger partial charge is 0.325 e. The highest BCUT2D eigenvalue weighted by Crippen LogP contribution is 2.23. The van der Waals surface area contributed by atoms with Gasteiger partial charge in [0.1, 0.15) is 12.2 Å². The fourth-order valence-electron chi connectivity index (χ4n) is 1.68. The average molecular weight is 264 g/mol. The fraction of sp³-hybridized carbons (Fsp3) is 0.500. The summed E-state index contributed by atoms with van der Waals surface area (Å²) in [6.07, 6.45) is 1.92. The van der Waals surface area contributed by atoms with Crippen molar-refractivity contribution in [1.29, 1.82) is 0 Å². The summed E-state index contributed by atoms with van der Waals surface area (Å²) in [5, 5.41) is 3.67. The molecular formula is C14H22N3O2+. The Kier molecular flexibility index (Phi) is 5.99. The van der Waals surface area contributed by atoms with Crippen molar-refractivity contribution in [3.8, 4) is 0 Å². The second kappa shape index (κ2) is 7.51. The molecule has 2 N–H and O–H groups in total. The van der Waals surface area contributed by atoms with E-state index in [0.717, 1.165) is 29.8 Å². The molecule has 1 rings (SSSR count). The van der Waals surface area contributed by atoms with Gasteiger partial charge in [-0.05, 0) is 42.2 Å². The third kappa shape index (κ3) is 4.69. The maximum Gasteiger partial charge on any atom is 0.325 e. The highest BCUT2D eigenvalue weighted by atomic mass is 16.5. The lowest BCUT2D eigenvalue weighted by atomic mass is 10.1. The van der Waals surface area contributed by atoms with Crippen LogP contribution in [0.4, 0.5) is 11.4 Å². The summed E-state index contributed by atoms with van der Waals surface area (Å²) < 4.78 is 5.13. The zero-order chi connectivity index (χ0) is 14.3. The molecule has 1 aromatic rings. The molecule has 0 radical (unpaired) electrons. The molecule has 104 valence electrons. The summed E-state index contributed by atoms with van der Waals surface area (Å²) in [7, 11) is 1.86. The third-order valence-corrected chi connectivity index (χ3v) is 2.89. The Balaban J connectivity index is 2.57. The van der Waals surface area contributed by atoms with Crippen LogP contribution in [0, 0.1) is 6.92 Å². The van der Waals surface area contributed by atoms with Crippen molar-refractivity contribution in [3.63, 3.8) is 0 Å². The Labute approximate surface area is 114 Å². The minimum absolute atomic E-state index is 0.207. The lowest BCUT2D eigenvalue weighted by Gasteiger charge is -2.18. The van der Waals surface area contributed by atoms with E-state index in [1.807, 2.05) is 37.1 Å². The number of likely N-dealkylation sites (N-methyl/N-ethyl adjacent to an activating group) is 1. The van der Waals surface area contributed by atoms with Gasteiger partial charge < -0.3 is 9.64 Å². The SMILES string of the molecule is CCCCOC(=O)CN(C)c1ccc(N=[NH2+])c(C)c1. The highest BCUT2D eigenvalue weighted by molar-refractivity contribution is 5.76. The van der Waals surface area contributed by atoms with E-state index in [2.05, 4.69) is 12.0 Å². The number of benzene rings is 1. The van der Waals surface area contributed by atoms with Crippen LogP contribution in [-0.4, -0.2) is 26.2 Å². The first-order valence-electron chi connectivity index (χ1n) is 6.46. The van der Waals surface area contributed by atoms with Crippen LogP contribution in [-0.2, 0) is 9.53 Å². The van der Waals surface area contributed by atoms with Gasteiger partial charge in [0.15, 0.2) is 0 Å². The Bertz CT molecular complexity index is 446. The van der Waals surface area contributed by atoms with E-state index < -0.39 is 0 Å². The largest absolute Gasteiger partial charge is 0.464 e. The molecule has 0 saturated carbocycles. The van der Waals surface area contributed by atoms with Crippen LogP contribution in [0.1, 0.15) is 25.3 Å². The molecule has 0 spiro atoms. The van der Waals surface area contributed by atoms with E-state index in [4.69, 9.17) is 10.3 Å². The number of carbonyl (C=O) groups excluding carboxylic acids is 1. The molecule has 0 heterocycles. The van der Waals surface area contributed by atoms with Gasteiger partial charge in [-0.15, -0.1) is 0 Å². The molecule has 1 aromatic carbocycles. The lowest BCUT2D eigenvalue weighted by molar-refractivity contribution is -0.210. The summed E-state index contributed by atoms with van der Waals surface area (Å²) in [4.78, 5) is 13.5. The van der Waals surface area contributed by atoms with Crippen molar-refractivity contribution in [2.24, 2.45) is 5.11 Å². The predicted octanol–water partition coefficient (Wildman–Crippen LogP) is 1.62. The van der Waals surface area contributed by atoms with Gasteiger partial charge in [-0.2, -0.15) is 5.53 Å². The molecule has 0 aromatic heterocycles. The summed E-state index contributed by atoms with van der Waals surface area (Å²) in [6.45, 7) is 4.73. The van der Waals surface area contributed by atoms with Gasteiger partial charge in [-0.3, -0.25) is 4.79 Å². The van der Waals surface area contributed by atoms with Crippen molar-refractivity contribution in [2.45, 2.75) is 26.7 Å². The van der Waals surface area contributed by atoms with E-state index in [1.165, 1.54) is 0 Å². The Morgan fingerprint density at radius 1 is 1.47 bits per heavy atom. The number of unbranched alkanes of at least 4 members (excludes halogenated alkanes) is 1. The van der Waals surface area contributed by atoms with Crippen LogP contribution < -0.4 is 10.4 Å². The lowest BCUT2D eigenvalue weighted by Crippen LogP contribution is -2.27. The molecule has 0 aliphatic rings. The van der Waals surface area contributed by atoms with Gasteiger partial charge in [0.2, 0.25) is 0 Å². The molecule has 0 bridgehead atoms. The van der Waals surface area contributed by atoms with Gasteiger partial charge >= 0.3 is 5.97 Å². The molecule has 0 amide bonds. The van der Waals surface area contributed by atoms with Crippen LogP contribution in [0.2, 0.25) is 0 Å². The number of nitrogens with two attached hydrogens (primary N) is 1. The van der Waals surface area contributed by atoms with Crippen LogP contribution in [0.5, 0.6) is 0 Å². The van der Waals surface area contributed by atoms with Crippen LogP contribution in [0.25, 0.3) is 0 Å². The number of ether oxygens (including phenoxy) is 1. The zero-order valence-electron chi connectivity index (χ0n) is 11.8. The minimum atomic E-state index is -0.207. The topological polar surface area (TPSA) is 67.5 Å². The molecule has 19 heavy (non-hydrogen) atoms. The fourth-order valence-corrected chi connectivity index (χ4v) is 1.68. The maximum absolute atomic E-state index is 11.6. The molecular weight excluding hydrogens is 242 g/mol. The maximum atomic E-state index is 11.6. The second-order valence-electron chi connectivity index (χ2n) is 4.53. The van der Waals surface area contributed by atoms with Crippen molar-refractivity contribution >= 4 is 17.3 Å². The third-order valence-electron chi connectivity index (χ3n) is 2.89. The number of anilines is 1. The zero-order valence-corrected chi connectivity index (χ0v) is 11.8. The Morgan fingerprint density at radius 3 is 2.79 bits per heavy atom. The van der Waals surface area contributed by atoms with E-state index in [-0.39, 0.29) is 12.5 Å². The average Bonchev–Trinajstić information content (AvgIpc) is 2.38. The molecule has 5 nitrogen and oxygen atoms in total. The van der Waals surface area contributed by atoms with Gasteiger partial charge in [0.05, 0.1) is 6.61 Å². The second-order valence-corrected chi connectivity index (χ2v) is 4.53. The normalized spacial score (nSPS) is 10.1. The van der Waals surface area contributed by atoms with Crippen molar-refractivity contribution in [2.75, 3.05) is 25.1 Å². The van der Waals surface area contributed by atoms with Crippen LogP contribution in [0.15, 0.2) is 23.3 Å². The van der Waals surface area contributed by atoms with Crippen molar-refractivity contribution in [3.05, 3.63) is 23.8 Å².